The number of nitrogens with two attached hydrogens (primary N) is 1. The maximum absolute atomic E-state index is 8.90. The molecule has 0 atom stereocenters. The fourth-order valence-corrected chi connectivity index (χ4v) is 4.08. The Kier molecular flexibility index (Phi) is 8.25. The molecule has 0 saturated carbocycles. The Balaban J connectivity index is 1.79. The molecule has 0 aromatic heterocycles. The van der Waals surface area contributed by atoms with E-state index < -0.39 is 5.54 Å². The molecule has 1 saturated heterocycles. The van der Waals surface area contributed by atoms with Gasteiger partial charge in [-0.25, -0.2) is 0 Å². The first kappa shape index (κ1) is 23.8. The molecule has 1 fully saturated rings. The summed E-state index contributed by atoms with van der Waals surface area (Å²) in [7, 11) is 3.24. The van der Waals surface area contributed by atoms with E-state index in [-0.39, 0.29) is 0 Å². The van der Waals surface area contributed by atoms with Crippen LogP contribution in [-0.2, 0) is 13.0 Å². The van der Waals surface area contributed by atoms with E-state index in [0.717, 1.165) is 37.9 Å². The number of hydrogen-bond acceptors (Lipinski definition) is 6. The van der Waals surface area contributed by atoms with E-state index in [4.69, 9.17) is 26.0 Å². The van der Waals surface area contributed by atoms with Gasteiger partial charge in [-0.2, -0.15) is 0 Å². The van der Waals surface area contributed by atoms with Gasteiger partial charge in [-0.1, -0.05) is 30.3 Å². The Bertz CT molecular complexity index is 910. The largest absolute Gasteiger partial charge is 0.497 e. The van der Waals surface area contributed by atoms with Gasteiger partial charge >= 0.3 is 0 Å². The van der Waals surface area contributed by atoms with Crippen molar-refractivity contribution >= 4 is 11.7 Å². The number of piperidine rings is 1. The topological polar surface area (TPSA) is 107 Å². The number of methoxy groups -OCH3 is 2. The molecule has 0 aliphatic carbocycles. The van der Waals surface area contributed by atoms with Gasteiger partial charge < -0.3 is 25.4 Å². The van der Waals surface area contributed by atoms with E-state index >= 15 is 0 Å². The van der Waals surface area contributed by atoms with Crippen LogP contribution in [-0.4, -0.2) is 49.4 Å². The lowest BCUT2D eigenvalue weighted by Gasteiger charge is -2.37. The summed E-state index contributed by atoms with van der Waals surface area (Å²) >= 11 is 0. The van der Waals surface area contributed by atoms with Crippen LogP contribution in [0.1, 0.15) is 36.8 Å². The molecule has 0 spiro atoms. The highest BCUT2D eigenvalue weighted by Gasteiger charge is 2.31. The van der Waals surface area contributed by atoms with Crippen molar-refractivity contribution in [3.05, 3.63) is 59.7 Å². The lowest BCUT2D eigenvalue weighted by Crippen LogP contribution is -2.52. The van der Waals surface area contributed by atoms with Crippen molar-refractivity contribution in [2.24, 2.45) is 5.73 Å². The molecule has 7 nitrogen and oxygen atoms in total. The van der Waals surface area contributed by atoms with Crippen LogP contribution in [0.2, 0.25) is 0 Å². The molecule has 0 amide bonds. The molecule has 0 unspecified atom stereocenters. The monoisotopic (exact) mass is 437 g/mol. The second kappa shape index (κ2) is 11.1. The zero-order valence-electron chi connectivity index (χ0n) is 19.1. The molecule has 3 rings (SSSR count). The Morgan fingerprint density at radius 3 is 2.41 bits per heavy atom. The summed E-state index contributed by atoms with van der Waals surface area (Å²) in [5.74, 6) is 2.18. The lowest BCUT2D eigenvalue weighted by molar-refractivity contribution is 0.312. The molecule has 1 heterocycles. The van der Waals surface area contributed by atoms with Crippen LogP contribution in [0.4, 0.5) is 0 Å². The summed E-state index contributed by atoms with van der Waals surface area (Å²) in [6.07, 6.45) is 3.39. The Hall–Kier alpha value is -2.90. The fourth-order valence-electron chi connectivity index (χ4n) is 4.08. The van der Waals surface area contributed by atoms with Crippen molar-refractivity contribution in [2.45, 2.75) is 44.2 Å². The maximum Gasteiger partial charge on any atom is 0.127 e. The number of hydrogen-bond donors (Lipinski definition) is 4. The van der Waals surface area contributed by atoms with Crippen LogP contribution in [0, 0.1) is 10.8 Å². The average Bonchev–Trinajstić information content (AvgIpc) is 2.81. The normalized spacial score (nSPS) is 15.1. The summed E-state index contributed by atoms with van der Waals surface area (Å²) in [5.41, 5.74) is 8.30. The molecular formula is C25H35N5O2. The molecule has 0 radical (unpaired) electrons. The molecular weight excluding hydrogens is 402 g/mol. The van der Waals surface area contributed by atoms with E-state index in [9.17, 15) is 0 Å². The van der Waals surface area contributed by atoms with Gasteiger partial charge in [0.2, 0.25) is 0 Å². The zero-order chi connectivity index (χ0) is 23.0. The SMILES string of the molecule is COc1ccc(CN(C(=N)CCc2ccccc2)C(=N)CC2(N)CCNCC2)c(OC)c1. The number of ether oxygens (including phenoxy) is 2. The highest BCUT2D eigenvalue weighted by Crippen LogP contribution is 2.27. The first-order chi connectivity index (χ1) is 15.4. The van der Waals surface area contributed by atoms with E-state index in [1.54, 1.807) is 19.1 Å². The lowest BCUT2D eigenvalue weighted by atomic mass is 9.85. The smallest absolute Gasteiger partial charge is 0.127 e. The van der Waals surface area contributed by atoms with Crippen LogP contribution < -0.4 is 20.5 Å². The number of nitrogens with one attached hydrogen (secondary N) is 3. The zero-order valence-corrected chi connectivity index (χ0v) is 19.1. The van der Waals surface area contributed by atoms with E-state index in [2.05, 4.69) is 17.4 Å². The standard InChI is InChI=1S/C25H35N5O2/c1-31-21-10-9-20(22(16-21)32-2)18-30(23(26)11-8-19-6-4-3-5-7-19)24(27)17-25(28)12-14-29-15-13-25/h3-7,9-10,16,26-27,29H,8,11-15,17-18,28H2,1-2H3. The van der Waals surface area contributed by atoms with Crippen molar-refractivity contribution < 1.29 is 9.47 Å². The third-order valence-electron chi connectivity index (χ3n) is 6.09. The van der Waals surface area contributed by atoms with Crippen molar-refractivity contribution in [3.8, 4) is 11.5 Å². The summed E-state index contributed by atoms with van der Waals surface area (Å²) in [6, 6.07) is 15.8. The van der Waals surface area contributed by atoms with Crippen LogP contribution in [0.15, 0.2) is 48.5 Å². The van der Waals surface area contributed by atoms with E-state index in [0.29, 0.717) is 42.6 Å². The van der Waals surface area contributed by atoms with Crippen LogP contribution in [0.25, 0.3) is 0 Å². The van der Waals surface area contributed by atoms with Crippen LogP contribution in [0.3, 0.4) is 0 Å². The minimum absolute atomic E-state index is 0.380. The first-order valence-electron chi connectivity index (χ1n) is 11.1. The van der Waals surface area contributed by atoms with Crippen molar-refractivity contribution in [3.63, 3.8) is 0 Å². The number of nitrogens with zero attached hydrogens (tertiary/aromatic N) is 1. The average molecular weight is 438 g/mol. The van der Waals surface area contributed by atoms with Gasteiger partial charge in [0, 0.05) is 30.0 Å². The number of rotatable bonds is 9. The highest BCUT2D eigenvalue weighted by atomic mass is 16.5. The quantitative estimate of drug-likeness (QED) is 0.354. The summed E-state index contributed by atoms with van der Waals surface area (Å²) < 4.78 is 10.9. The van der Waals surface area contributed by atoms with Gasteiger partial charge in [-0.3, -0.25) is 10.8 Å². The van der Waals surface area contributed by atoms with Crippen LogP contribution >= 0.6 is 0 Å². The Morgan fingerprint density at radius 1 is 1.03 bits per heavy atom. The first-order valence-corrected chi connectivity index (χ1v) is 11.1. The van der Waals surface area contributed by atoms with Crippen molar-refractivity contribution in [1.82, 2.24) is 10.2 Å². The number of benzene rings is 2. The summed E-state index contributed by atoms with van der Waals surface area (Å²) in [5, 5.41) is 21.1. The predicted octanol–water partition coefficient (Wildman–Crippen LogP) is 3.56. The molecule has 1 aliphatic heterocycles. The van der Waals surface area contributed by atoms with Gasteiger partial charge in [-0.05, 0) is 50.0 Å². The molecule has 0 bridgehead atoms. The predicted molar refractivity (Wildman–Crippen MR) is 129 cm³/mol. The van der Waals surface area contributed by atoms with E-state index in [1.807, 2.05) is 36.4 Å². The van der Waals surface area contributed by atoms with Gasteiger partial charge in [0.15, 0.2) is 0 Å². The molecule has 7 heteroatoms. The molecule has 172 valence electrons. The van der Waals surface area contributed by atoms with Crippen molar-refractivity contribution in [2.75, 3.05) is 27.3 Å². The van der Waals surface area contributed by atoms with Gasteiger partial charge in [0.05, 0.1) is 20.8 Å². The molecule has 1 aliphatic rings. The van der Waals surface area contributed by atoms with Crippen LogP contribution in [0.5, 0.6) is 11.5 Å². The third kappa shape index (κ3) is 6.31. The highest BCUT2D eigenvalue weighted by molar-refractivity contribution is 5.98. The van der Waals surface area contributed by atoms with Gasteiger partial charge in [-0.15, -0.1) is 0 Å². The van der Waals surface area contributed by atoms with Crippen molar-refractivity contribution in [1.29, 1.82) is 10.8 Å². The fraction of sp³-hybridized carbons (Fsp3) is 0.440. The Labute approximate surface area is 190 Å². The van der Waals surface area contributed by atoms with E-state index in [1.165, 1.54) is 5.56 Å². The van der Waals surface area contributed by atoms with Gasteiger partial charge in [0.1, 0.15) is 23.2 Å². The second-order valence-electron chi connectivity index (χ2n) is 8.43. The van der Waals surface area contributed by atoms with Gasteiger partial charge in [0.25, 0.3) is 0 Å². The second-order valence-corrected chi connectivity index (χ2v) is 8.43. The summed E-state index contributed by atoms with van der Waals surface area (Å²) in [4.78, 5) is 1.78. The molecule has 2 aromatic rings. The Morgan fingerprint density at radius 2 is 1.75 bits per heavy atom. The minimum atomic E-state index is -0.412. The summed E-state index contributed by atoms with van der Waals surface area (Å²) in [6.45, 7) is 2.11. The molecule has 2 aromatic carbocycles. The minimum Gasteiger partial charge on any atom is -0.497 e. The number of aryl methyl sites for hydroxylation is 1. The number of amidine groups is 2. The third-order valence-corrected chi connectivity index (χ3v) is 6.09. The maximum atomic E-state index is 8.90. The molecule has 5 N–H and O–H groups in total. The molecule has 32 heavy (non-hydrogen) atoms.